The van der Waals surface area contributed by atoms with Crippen LogP contribution in [-0.2, 0) is 16.6 Å². The lowest BCUT2D eigenvalue weighted by Gasteiger charge is -2.11. The summed E-state index contributed by atoms with van der Waals surface area (Å²) in [6.45, 7) is 3.86. The molecular weight excluding hydrogens is 478 g/mol. The smallest absolute Gasteiger partial charge is 0.261 e. The second-order valence-electron chi connectivity index (χ2n) is 8.31. The molecule has 3 aromatic heterocycles. The molecule has 0 aliphatic rings. The molecule has 0 aliphatic carbocycles. The van der Waals surface area contributed by atoms with Crippen molar-refractivity contribution in [2.24, 2.45) is 0 Å². The first-order valence-electron chi connectivity index (χ1n) is 11.0. The molecule has 0 saturated heterocycles. The van der Waals surface area contributed by atoms with E-state index in [0.717, 1.165) is 11.1 Å². The van der Waals surface area contributed by atoms with E-state index in [4.69, 9.17) is 0 Å². The number of sulfonamides is 1. The van der Waals surface area contributed by atoms with Gasteiger partial charge in [-0.3, -0.25) is 9.52 Å². The van der Waals surface area contributed by atoms with Gasteiger partial charge in [-0.05, 0) is 55.3 Å². The minimum Gasteiger partial charge on any atom is -0.358 e. The zero-order valence-corrected chi connectivity index (χ0v) is 20.2. The number of H-pyrrole nitrogens is 1. The summed E-state index contributed by atoms with van der Waals surface area (Å²) in [6, 6.07) is 15.2. The van der Waals surface area contributed by atoms with Crippen LogP contribution in [0, 0.1) is 25.2 Å². The van der Waals surface area contributed by atoms with Crippen molar-refractivity contribution in [1.82, 2.24) is 24.9 Å². The molecule has 5 rings (SSSR count). The van der Waals surface area contributed by atoms with Crippen LogP contribution in [0.4, 0.5) is 5.69 Å². The highest BCUT2D eigenvalue weighted by Crippen LogP contribution is 2.30. The molecule has 3 N–H and O–H groups in total. The monoisotopic (exact) mass is 499 g/mol. The van der Waals surface area contributed by atoms with Gasteiger partial charge < -0.3 is 10.3 Å². The van der Waals surface area contributed by atoms with Crippen molar-refractivity contribution in [2.75, 3.05) is 4.72 Å². The zero-order chi connectivity index (χ0) is 25.4. The average molecular weight is 500 g/mol. The van der Waals surface area contributed by atoms with Crippen molar-refractivity contribution in [3.05, 3.63) is 89.0 Å². The molecule has 5 aromatic rings. The summed E-state index contributed by atoms with van der Waals surface area (Å²) in [5.74, 6) is 0.332. The summed E-state index contributed by atoms with van der Waals surface area (Å²) in [7, 11) is -3.88. The summed E-state index contributed by atoms with van der Waals surface area (Å²) in [5.41, 5.74) is 4.05. The Balaban J connectivity index is 1.29. The lowest BCUT2D eigenvalue weighted by atomic mass is 10.1. The summed E-state index contributed by atoms with van der Waals surface area (Å²) >= 11 is 0. The third-order valence-corrected chi connectivity index (χ3v) is 7.18. The third-order valence-electron chi connectivity index (χ3n) is 5.79. The minimum atomic E-state index is -3.88. The van der Waals surface area contributed by atoms with Crippen molar-refractivity contribution in [3.8, 4) is 6.07 Å². The molecule has 36 heavy (non-hydrogen) atoms. The van der Waals surface area contributed by atoms with Gasteiger partial charge in [0.1, 0.15) is 11.9 Å². The number of hydrogen-bond acceptors (Lipinski definition) is 6. The van der Waals surface area contributed by atoms with Gasteiger partial charge in [0.05, 0.1) is 27.2 Å². The van der Waals surface area contributed by atoms with Crippen LogP contribution in [0.15, 0.2) is 65.8 Å². The number of hydrogen-bond donors (Lipinski definition) is 3. The molecule has 0 radical (unpaired) electrons. The van der Waals surface area contributed by atoms with E-state index in [0.29, 0.717) is 39.2 Å². The van der Waals surface area contributed by atoms with Crippen molar-refractivity contribution in [3.63, 3.8) is 0 Å². The zero-order valence-electron chi connectivity index (χ0n) is 19.4. The Morgan fingerprint density at radius 2 is 1.89 bits per heavy atom. The molecule has 11 heteroatoms. The average Bonchev–Trinajstić information content (AvgIpc) is 3.47. The van der Waals surface area contributed by atoms with E-state index in [9.17, 15) is 18.5 Å². The minimum absolute atomic E-state index is 0.0744. The molecular formula is C25H21N7O3S. The van der Waals surface area contributed by atoms with Crippen LogP contribution in [0.2, 0.25) is 0 Å². The summed E-state index contributed by atoms with van der Waals surface area (Å²) in [4.78, 5) is 19.8. The first kappa shape index (κ1) is 23.1. The number of carbonyl (C=O) groups is 1. The van der Waals surface area contributed by atoms with Crippen molar-refractivity contribution in [2.45, 2.75) is 25.3 Å². The fourth-order valence-corrected chi connectivity index (χ4v) is 5.07. The summed E-state index contributed by atoms with van der Waals surface area (Å²) in [6.07, 6.45) is 3.17. The lowest BCUT2D eigenvalue weighted by molar-refractivity contribution is 0.0950. The van der Waals surface area contributed by atoms with Gasteiger partial charge in [0.15, 0.2) is 5.65 Å². The van der Waals surface area contributed by atoms with Crippen molar-refractivity contribution >= 4 is 38.2 Å². The van der Waals surface area contributed by atoms with Crippen LogP contribution >= 0.6 is 0 Å². The predicted octanol–water partition coefficient (Wildman–Crippen LogP) is 3.43. The van der Waals surface area contributed by atoms with Gasteiger partial charge in [-0.15, -0.1) is 0 Å². The number of pyridine rings is 1. The number of benzene rings is 2. The van der Waals surface area contributed by atoms with Gasteiger partial charge in [0, 0.05) is 24.3 Å². The molecule has 3 heterocycles. The first-order valence-corrected chi connectivity index (χ1v) is 12.5. The Labute approximate surface area is 206 Å². The number of nitrogens with zero attached hydrogens (tertiary/aromatic N) is 4. The van der Waals surface area contributed by atoms with Crippen LogP contribution in [0.25, 0.3) is 16.6 Å². The number of fused-ring (bicyclic) bond motifs is 2. The van der Waals surface area contributed by atoms with Crippen LogP contribution in [0.3, 0.4) is 0 Å². The molecule has 0 fully saturated rings. The Kier molecular flexibility index (Phi) is 5.66. The van der Waals surface area contributed by atoms with Gasteiger partial charge >= 0.3 is 0 Å². The highest BCUT2D eigenvalue weighted by Gasteiger charge is 2.18. The maximum absolute atomic E-state index is 13.0. The maximum Gasteiger partial charge on any atom is 0.261 e. The second-order valence-corrected chi connectivity index (χ2v) is 9.99. The van der Waals surface area contributed by atoms with Gasteiger partial charge in [-0.2, -0.15) is 10.4 Å². The second kappa shape index (κ2) is 8.83. The number of aryl methyl sites for hydroxylation is 2. The number of aromatic nitrogens is 4. The van der Waals surface area contributed by atoms with E-state index in [1.54, 1.807) is 60.2 Å². The van der Waals surface area contributed by atoms with Gasteiger partial charge in [0.2, 0.25) is 0 Å². The summed E-state index contributed by atoms with van der Waals surface area (Å²) < 4.78 is 30.2. The Hall–Kier alpha value is -4.69. The standard InChI is InChI=1S/C25H21N7O3S/c1-15-3-9-21(24-23(15)19(11-26)13-27-24)31-36(34,35)20-7-4-17(5-8-20)12-28-25(33)18-6-10-22-29-16(2)30-32(22)14-18/h3-10,13-14,27,31H,12H2,1-2H3,(H,28,33). The van der Waals surface area contributed by atoms with E-state index in [1.807, 2.05) is 6.92 Å². The predicted molar refractivity (Wildman–Crippen MR) is 134 cm³/mol. The molecule has 0 aliphatic heterocycles. The van der Waals surface area contributed by atoms with Crippen LogP contribution in [0.5, 0.6) is 0 Å². The van der Waals surface area contributed by atoms with Gasteiger partial charge in [0.25, 0.3) is 15.9 Å². The summed E-state index contributed by atoms with van der Waals surface area (Å²) in [5, 5.41) is 17.0. The van der Waals surface area contributed by atoms with Crippen LogP contribution < -0.4 is 10.0 Å². The van der Waals surface area contributed by atoms with Gasteiger partial charge in [-0.25, -0.2) is 17.9 Å². The number of amides is 1. The quantitative estimate of drug-likeness (QED) is 0.326. The number of anilines is 1. The maximum atomic E-state index is 13.0. The third kappa shape index (κ3) is 4.25. The molecule has 0 spiro atoms. The fraction of sp³-hybridized carbons (Fsp3) is 0.120. The Bertz CT molecular complexity index is 1780. The number of aromatic amines is 1. The molecule has 180 valence electrons. The van der Waals surface area contributed by atoms with E-state index < -0.39 is 10.0 Å². The molecule has 2 aromatic carbocycles. The highest BCUT2D eigenvalue weighted by atomic mass is 32.2. The highest BCUT2D eigenvalue weighted by molar-refractivity contribution is 7.92. The fourth-order valence-electron chi connectivity index (χ4n) is 4.00. The van der Waals surface area contributed by atoms with Gasteiger partial charge in [-0.1, -0.05) is 18.2 Å². The first-order chi connectivity index (χ1) is 17.2. The number of carbonyl (C=O) groups excluding carboxylic acids is 1. The molecule has 0 bridgehead atoms. The van der Waals surface area contributed by atoms with Crippen molar-refractivity contribution in [1.29, 1.82) is 5.26 Å². The van der Waals surface area contributed by atoms with Crippen LogP contribution in [0.1, 0.15) is 32.9 Å². The largest absolute Gasteiger partial charge is 0.358 e. The normalized spacial score (nSPS) is 11.5. The van der Waals surface area contributed by atoms with E-state index in [-0.39, 0.29) is 17.3 Å². The SMILES string of the molecule is Cc1nc2ccc(C(=O)NCc3ccc(S(=O)(=O)Nc4ccc(C)c5c(C#N)c[nH]c45)cc3)cn2n1. The Morgan fingerprint density at radius 1 is 1.11 bits per heavy atom. The van der Waals surface area contributed by atoms with Crippen LogP contribution in [-0.4, -0.2) is 33.9 Å². The molecule has 0 atom stereocenters. The number of nitriles is 1. The van der Waals surface area contributed by atoms with E-state index >= 15 is 0 Å². The van der Waals surface area contributed by atoms with E-state index in [1.165, 1.54) is 12.1 Å². The molecule has 0 unspecified atom stereocenters. The van der Waals surface area contributed by atoms with E-state index in [2.05, 4.69) is 31.2 Å². The molecule has 10 nitrogen and oxygen atoms in total. The number of nitrogens with one attached hydrogen (secondary N) is 3. The lowest BCUT2D eigenvalue weighted by Crippen LogP contribution is -2.23. The topological polar surface area (TPSA) is 145 Å². The molecule has 0 saturated carbocycles. The van der Waals surface area contributed by atoms with Crippen molar-refractivity contribution < 1.29 is 13.2 Å². The Morgan fingerprint density at radius 3 is 2.64 bits per heavy atom. The number of rotatable bonds is 6. The molecule has 1 amide bonds.